The second-order valence-electron chi connectivity index (χ2n) is 1.32. The van der Waals surface area contributed by atoms with E-state index in [9.17, 15) is 13.2 Å². The van der Waals surface area contributed by atoms with Crippen molar-refractivity contribution in [2.45, 2.75) is 12.8 Å². The van der Waals surface area contributed by atoms with Gasteiger partial charge in [-0.15, -0.1) is 0 Å². The lowest BCUT2D eigenvalue weighted by atomic mass is 10.3. The summed E-state index contributed by atoms with van der Waals surface area (Å²) in [5, 5.41) is 7.81. The maximum Gasteiger partial charge on any atom is 0.301 e. The van der Waals surface area contributed by atoms with Crippen molar-refractivity contribution in [2.75, 3.05) is 0 Å². The van der Waals surface area contributed by atoms with E-state index in [2.05, 4.69) is 0 Å². The Labute approximate surface area is 50.4 Å². The van der Waals surface area contributed by atoms with Crippen molar-refractivity contribution >= 4 is 0 Å². The van der Waals surface area contributed by atoms with Crippen molar-refractivity contribution in [3.63, 3.8) is 0 Å². The van der Waals surface area contributed by atoms with Gasteiger partial charge in [0.15, 0.2) is 5.83 Å². The van der Waals surface area contributed by atoms with Crippen LogP contribution >= 0.6 is 0 Å². The van der Waals surface area contributed by atoms with Gasteiger partial charge in [0.2, 0.25) is 0 Å². The summed E-state index contributed by atoms with van der Waals surface area (Å²) >= 11 is 0. The van der Waals surface area contributed by atoms with Crippen molar-refractivity contribution < 1.29 is 13.2 Å². The van der Waals surface area contributed by atoms with E-state index in [0.29, 0.717) is 0 Å². The minimum absolute atomic E-state index is 0.205. The average Bonchev–Trinajstić information content (AvgIpc) is 1.82. The Kier molecular flexibility index (Phi) is 3.52. The summed E-state index contributed by atoms with van der Waals surface area (Å²) in [6, 6.07) is 1.55. The minimum atomic E-state index is -2.33. The zero-order chi connectivity index (χ0) is 7.28. The van der Waals surface area contributed by atoms with Gasteiger partial charge in [-0.3, -0.25) is 0 Å². The Bertz CT molecular complexity index is 152. The van der Waals surface area contributed by atoms with E-state index in [4.69, 9.17) is 5.26 Å². The van der Waals surface area contributed by atoms with E-state index in [1.165, 1.54) is 0 Å². The van der Waals surface area contributed by atoms with E-state index in [0.717, 1.165) is 0 Å². The number of nitrogens with zero attached hydrogens (tertiary/aromatic N) is 1. The lowest BCUT2D eigenvalue weighted by Crippen LogP contribution is -1.74. The molecule has 1 nitrogen and oxygen atoms in total. The van der Waals surface area contributed by atoms with Crippen LogP contribution in [0, 0.1) is 11.3 Å². The van der Waals surface area contributed by atoms with Gasteiger partial charge in [0.25, 0.3) is 0 Å². The van der Waals surface area contributed by atoms with Crippen LogP contribution in [0.1, 0.15) is 12.8 Å². The average molecular weight is 135 g/mol. The number of hydrogen-bond acceptors (Lipinski definition) is 1. The molecule has 0 saturated heterocycles. The molecule has 0 bridgehead atoms. The minimum Gasteiger partial charge on any atom is -0.206 e. The molecule has 0 aliphatic carbocycles. The van der Waals surface area contributed by atoms with Crippen molar-refractivity contribution in [1.82, 2.24) is 0 Å². The lowest BCUT2D eigenvalue weighted by Gasteiger charge is -1.85. The van der Waals surface area contributed by atoms with Gasteiger partial charge in [-0.2, -0.15) is 14.0 Å². The predicted molar refractivity (Wildman–Crippen MR) is 25.2 cm³/mol. The van der Waals surface area contributed by atoms with Gasteiger partial charge in [-0.1, -0.05) is 0 Å². The molecule has 0 N–H and O–H groups in total. The third-order valence-electron chi connectivity index (χ3n) is 0.661. The van der Waals surface area contributed by atoms with Crippen molar-refractivity contribution in [3.05, 3.63) is 11.9 Å². The zero-order valence-corrected chi connectivity index (χ0v) is 4.50. The summed E-state index contributed by atoms with van der Waals surface area (Å²) in [6.45, 7) is 0. The lowest BCUT2D eigenvalue weighted by molar-refractivity contribution is 0.371. The molecular formula is C5H4F3N. The fourth-order valence-corrected chi connectivity index (χ4v) is 0.260. The van der Waals surface area contributed by atoms with Crippen LogP contribution in [0.15, 0.2) is 11.9 Å². The largest absolute Gasteiger partial charge is 0.301 e. The number of halogens is 3. The maximum absolute atomic E-state index is 11.7. The molecule has 0 aromatic rings. The summed E-state index contributed by atoms with van der Waals surface area (Å²) in [7, 11) is 0. The maximum atomic E-state index is 11.7. The fraction of sp³-hybridized carbons (Fsp3) is 0.400. The zero-order valence-electron chi connectivity index (χ0n) is 4.50. The Balaban J connectivity index is 3.67. The standard InChI is InChI=1S/C5H4F3N/c6-4(5(7)8)2-1-3-9/h1-2H2. The molecule has 4 heteroatoms. The molecule has 0 aromatic heterocycles. The van der Waals surface area contributed by atoms with Crippen LogP contribution in [-0.2, 0) is 0 Å². The monoisotopic (exact) mass is 135 g/mol. The highest BCUT2D eigenvalue weighted by Crippen LogP contribution is 2.13. The summed E-state index contributed by atoms with van der Waals surface area (Å²) in [6.07, 6.45) is -3.02. The first-order valence-corrected chi connectivity index (χ1v) is 2.25. The van der Waals surface area contributed by atoms with Crippen molar-refractivity contribution in [3.8, 4) is 6.07 Å². The highest BCUT2D eigenvalue weighted by Gasteiger charge is 2.02. The van der Waals surface area contributed by atoms with Gasteiger partial charge in [0, 0.05) is 12.8 Å². The molecular weight excluding hydrogens is 131 g/mol. The number of hydrogen-bond donors (Lipinski definition) is 0. The Morgan fingerprint density at radius 2 is 1.89 bits per heavy atom. The first-order valence-electron chi connectivity index (χ1n) is 2.25. The number of allylic oxidation sites excluding steroid dienone is 1. The van der Waals surface area contributed by atoms with E-state index in [-0.39, 0.29) is 6.42 Å². The third kappa shape index (κ3) is 3.59. The van der Waals surface area contributed by atoms with E-state index >= 15 is 0 Å². The molecule has 0 unspecified atom stereocenters. The van der Waals surface area contributed by atoms with Crippen molar-refractivity contribution in [1.29, 1.82) is 5.26 Å². The van der Waals surface area contributed by atoms with Gasteiger partial charge in [0.05, 0.1) is 6.07 Å². The van der Waals surface area contributed by atoms with Crippen LogP contribution < -0.4 is 0 Å². The Morgan fingerprint density at radius 3 is 2.22 bits per heavy atom. The second-order valence-corrected chi connectivity index (χ2v) is 1.32. The van der Waals surface area contributed by atoms with Crippen LogP contribution in [0.2, 0.25) is 0 Å². The summed E-state index contributed by atoms with van der Waals surface area (Å²) in [5.74, 6) is -1.49. The first kappa shape index (κ1) is 8.02. The molecule has 9 heavy (non-hydrogen) atoms. The van der Waals surface area contributed by atoms with Crippen molar-refractivity contribution in [2.24, 2.45) is 0 Å². The second kappa shape index (κ2) is 3.96. The highest BCUT2D eigenvalue weighted by atomic mass is 19.3. The summed E-state index contributed by atoms with van der Waals surface area (Å²) in [5.41, 5.74) is 0. The molecule has 0 atom stereocenters. The van der Waals surface area contributed by atoms with Crippen LogP contribution in [0.3, 0.4) is 0 Å². The van der Waals surface area contributed by atoms with Gasteiger partial charge >= 0.3 is 6.08 Å². The van der Waals surface area contributed by atoms with Crippen LogP contribution in [0.4, 0.5) is 13.2 Å². The molecule has 0 radical (unpaired) electrons. The molecule has 0 aliphatic rings. The fourth-order valence-electron chi connectivity index (χ4n) is 0.260. The summed E-state index contributed by atoms with van der Waals surface area (Å²) in [4.78, 5) is 0. The Morgan fingerprint density at radius 1 is 1.33 bits per heavy atom. The molecule has 0 fully saturated rings. The third-order valence-corrected chi connectivity index (χ3v) is 0.661. The summed E-state index contributed by atoms with van der Waals surface area (Å²) < 4.78 is 34.0. The van der Waals surface area contributed by atoms with E-state index < -0.39 is 18.3 Å². The molecule has 0 heterocycles. The molecule has 0 aromatic carbocycles. The number of nitriles is 1. The van der Waals surface area contributed by atoms with Crippen LogP contribution in [-0.4, -0.2) is 0 Å². The normalized spacial score (nSPS) is 8.22. The topological polar surface area (TPSA) is 23.8 Å². The first-order chi connectivity index (χ1) is 4.18. The molecule has 0 rings (SSSR count). The molecule has 0 spiro atoms. The van der Waals surface area contributed by atoms with Gasteiger partial charge in [-0.05, 0) is 0 Å². The molecule has 0 aliphatic heterocycles. The van der Waals surface area contributed by atoms with Gasteiger partial charge in [-0.25, -0.2) is 4.39 Å². The van der Waals surface area contributed by atoms with E-state index in [1.54, 1.807) is 6.07 Å². The highest BCUT2D eigenvalue weighted by molar-refractivity contribution is 4.93. The van der Waals surface area contributed by atoms with Gasteiger partial charge in [0.1, 0.15) is 0 Å². The van der Waals surface area contributed by atoms with E-state index in [1.807, 2.05) is 0 Å². The van der Waals surface area contributed by atoms with Gasteiger partial charge < -0.3 is 0 Å². The SMILES string of the molecule is N#CCCC(F)=C(F)F. The van der Waals surface area contributed by atoms with Crippen LogP contribution in [0.25, 0.3) is 0 Å². The predicted octanol–water partition coefficient (Wildman–Crippen LogP) is 2.37. The smallest absolute Gasteiger partial charge is 0.206 e. The molecule has 50 valence electrons. The quantitative estimate of drug-likeness (QED) is 0.570. The molecule has 0 amide bonds. The Hall–Kier alpha value is -0.980. The molecule has 0 saturated carbocycles. The number of rotatable bonds is 2. The van der Waals surface area contributed by atoms with Crippen LogP contribution in [0.5, 0.6) is 0 Å².